The van der Waals surface area contributed by atoms with Gasteiger partial charge < -0.3 is 9.64 Å². The van der Waals surface area contributed by atoms with E-state index in [1.807, 2.05) is 0 Å². The molecule has 1 amide bonds. The van der Waals surface area contributed by atoms with E-state index in [9.17, 15) is 4.79 Å². The van der Waals surface area contributed by atoms with Crippen molar-refractivity contribution >= 4 is 23.7 Å². The van der Waals surface area contributed by atoms with E-state index < -0.39 is 0 Å². The third kappa shape index (κ3) is 2.15. The number of carbonyl (C=O) groups is 1. The standard InChI is InChI=1S/C10H13ClN2O2/c11-3-1-2-10(14)13-4-5-15-9-7-12-6-8(9)13/h7H,1-6H2. The van der Waals surface area contributed by atoms with Gasteiger partial charge in [0.2, 0.25) is 5.91 Å². The van der Waals surface area contributed by atoms with Gasteiger partial charge in [0.15, 0.2) is 5.76 Å². The molecule has 2 aliphatic rings. The summed E-state index contributed by atoms with van der Waals surface area (Å²) >= 11 is 5.56. The van der Waals surface area contributed by atoms with Gasteiger partial charge in [0.1, 0.15) is 6.61 Å². The molecular weight excluding hydrogens is 216 g/mol. The molecule has 0 saturated heterocycles. The van der Waals surface area contributed by atoms with Crippen LogP contribution in [0, 0.1) is 0 Å². The summed E-state index contributed by atoms with van der Waals surface area (Å²) in [6.45, 7) is 1.74. The van der Waals surface area contributed by atoms with Gasteiger partial charge in [-0.1, -0.05) is 0 Å². The van der Waals surface area contributed by atoms with Crippen LogP contribution in [0.1, 0.15) is 12.8 Å². The van der Waals surface area contributed by atoms with Crippen LogP contribution in [0.3, 0.4) is 0 Å². The van der Waals surface area contributed by atoms with Crippen LogP contribution in [0.4, 0.5) is 0 Å². The number of carbonyl (C=O) groups excluding carboxylic acids is 1. The second kappa shape index (κ2) is 4.66. The molecule has 0 aromatic rings. The maximum atomic E-state index is 11.8. The fourth-order valence-corrected chi connectivity index (χ4v) is 1.85. The Bertz CT molecular complexity index is 325. The summed E-state index contributed by atoms with van der Waals surface area (Å²) in [5, 5.41) is 0. The first-order valence-corrected chi connectivity index (χ1v) is 5.58. The lowest BCUT2D eigenvalue weighted by molar-refractivity contribution is -0.130. The van der Waals surface area contributed by atoms with Gasteiger partial charge in [0, 0.05) is 12.3 Å². The topological polar surface area (TPSA) is 41.9 Å². The van der Waals surface area contributed by atoms with E-state index in [-0.39, 0.29) is 5.91 Å². The molecule has 0 fully saturated rings. The second-order valence-electron chi connectivity index (χ2n) is 3.47. The number of hydrogen-bond donors (Lipinski definition) is 0. The lowest BCUT2D eigenvalue weighted by atomic mass is 10.2. The number of amides is 1. The number of allylic oxidation sites excluding steroid dienone is 1. The number of aliphatic imine (C=N–C) groups is 1. The van der Waals surface area contributed by atoms with Crippen LogP contribution >= 0.6 is 11.6 Å². The molecular formula is C10H13ClN2O2. The minimum Gasteiger partial charge on any atom is -0.488 e. The zero-order chi connectivity index (χ0) is 10.7. The zero-order valence-corrected chi connectivity index (χ0v) is 9.16. The first-order valence-electron chi connectivity index (χ1n) is 5.05. The maximum Gasteiger partial charge on any atom is 0.227 e. The first kappa shape index (κ1) is 10.5. The summed E-state index contributed by atoms with van der Waals surface area (Å²) in [5.41, 5.74) is 0.904. The average molecular weight is 229 g/mol. The SMILES string of the molecule is O=C(CCCCl)N1CCOC2=C1CN=C2. The molecule has 0 aromatic heterocycles. The van der Waals surface area contributed by atoms with E-state index in [1.165, 1.54) is 0 Å². The Labute approximate surface area is 93.6 Å². The lowest BCUT2D eigenvalue weighted by Gasteiger charge is -2.28. The monoisotopic (exact) mass is 228 g/mol. The van der Waals surface area contributed by atoms with Crippen LogP contribution in [0.25, 0.3) is 0 Å². The van der Waals surface area contributed by atoms with Gasteiger partial charge in [-0.2, -0.15) is 0 Å². The Hall–Kier alpha value is -1.03. The Morgan fingerprint density at radius 1 is 1.67 bits per heavy atom. The zero-order valence-electron chi connectivity index (χ0n) is 8.41. The summed E-state index contributed by atoms with van der Waals surface area (Å²) < 4.78 is 5.40. The predicted octanol–water partition coefficient (Wildman–Crippen LogP) is 1.16. The van der Waals surface area contributed by atoms with Gasteiger partial charge in [-0.3, -0.25) is 9.79 Å². The van der Waals surface area contributed by atoms with E-state index in [4.69, 9.17) is 16.3 Å². The Balaban J connectivity index is 2.03. The Morgan fingerprint density at radius 2 is 2.53 bits per heavy atom. The highest BCUT2D eigenvalue weighted by atomic mass is 35.5. The highest BCUT2D eigenvalue weighted by Crippen LogP contribution is 2.21. The number of alkyl halides is 1. The van der Waals surface area contributed by atoms with Gasteiger partial charge >= 0.3 is 0 Å². The smallest absolute Gasteiger partial charge is 0.227 e. The number of hydrogen-bond acceptors (Lipinski definition) is 3. The van der Waals surface area contributed by atoms with Gasteiger partial charge in [-0.15, -0.1) is 11.6 Å². The van der Waals surface area contributed by atoms with Gasteiger partial charge in [0.25, 0.3) is 0 Å². The minimum atomic E-state index is 0.122. The molecule has 0 N–H and O–H groups in total. The second-order valence-corrected chi connectivity index (χ2v) is 3.85. The molecule has 0 unspecified atom stereocenters. The van der Waals surface area contributed by atoms with E-state index >= 15 is 0 Å². The summed E-state index contributed by atoms with van der Waals surface area (Å²) in [5.74, 6) is 1.40. The van der Waals surface area contributed by atoms with Crippen LogP contribution in [0.15, 0.2) is 16.4 Å². The number of rotatable bonds is 3. The Morgan fingerprint density at radius 3 is 3.33 bits per heavy atom. The molecule has 5 heteroatoms. The lowest BCUT2D eigenvalue weighted by Crippen LogP contribution is -2.37. The highest BCUT2D eigenvalue weighted by molar-refractivity contribution is 6.17. The molecule has 4 nitrogen and oxygen atoms in total. The van der Waals surface area contributed by atoms with Crippen molar-refractivity contribution in [1.29, 1.82) is 0 Å². The largest absolute Gasteiger partial charge is 0.488 e. The molecule has 2 heterocycles. The van der Waals surface area contributed by atoms with Gasteiger partial charge in [-0.25, -0.2) is 0 Å². The summed E-state index contributed by atoms with van der Waals surface area (Å²) in [4.78, 5) is 17.7. The quantitative estimate of drug-likeness (QED) is 0.681. The van der Waals surface area contributed by atoms with Crippen molar-refractivity contribution in [3.63, 3.8) is 0 Å². The molecule has 0 aliphatic carbocycles. The molecule has 0 bridgehead atoms. The molecule has 2 rings (SSSR count). The number of halogens is 1. The normalized spacial score (nSPS) is 19.1. The van der Waals surface area contributed by atoms with Crippen LogP contribution in [0.2, 0.25) is 0 Å². The van der Waals surface area contributed by atoms with Crippen molar-refractivity contribution in [3.05, 3.63) is 11.5 Å². The van der Waals surface area contributed by atoms with Crippen molar-refractivity contribution < 1.29 is 9.53 Å². The van der Waals surface area contributed by atoms with Crippen molar-refractivity contribution in [2.24, 2.45) is 4.99 Å². The average Bonchev–Trinajstić information content (AvgIpc) is 2.73. The molecule has 0 spiro atoms. The minimum absolute atomic E-state index is 0.122. The van der Waals surface area contributed by atoms with Gasteiger partial charge in [0.05, 0.1) is 25.0 Å². The van der Waals surface area contributed by atoms with Crippen LogP contribution < -0.4 is 0 Å². The summed E-state index contributed by atoms with van der Waals surface area (Å²) in [7, 11) is 0. The fourth-order valence-electron chi connectivity index (χ4n) is 1.72. The van der Waals surface area contributed by atoms with Crippen LogP contribution in [-0.4, -0.2) is 42.6 Å². The third-order valence-corrected chi connectivity index (χ3v) is 2.72. The summed E-state index contributed by atoms with van der Waals surface area (Å²) in [6, 6.07) is 0. The van der Waals surface area contributed by atoms with E-state index in [0.29, 0.717) is 32.0 Å². The van der Waals surface area contributed by atoms with Crippen molar-refractivity contribution in [2.45, 2.75) is 12.8 Å². The predicted molar refractivity (Wildman–Crippen MR) is 58.0 cm³/mol. The van der Waals surface area contributed by atoms with Crippen molar-refractivity contribution in [3.8, 4) is 0 Å². The van der Waals surface area contributed by atoms with Crippen molar-refractivity contribution in [2.75, 3.05) is 25.6 Å². The third-order valence-electron chi connectivity index (χ3n) is 2.46. The van der Waals surface area contributed by atoms with E-state index in [2.05, 4.69) is 4.99 Å². The van der Waals surface area contributed by atoms with E-state index in [1.54, 1.807) is 11.1 Å². The molecule has 0 atom stereocenters. The van der Waals surface area contributed by atoms with Crippen LogP contribution in [-0.2, 0) is 9.53 Å². The van der Waals surface area contributed by atoms with Gasteiger partial charge in [-0.05, 0) is 6.42 Å². The molecule has 82 valence electrons. The number of nitrogens with zero attached hydrogens (tertiary/aromatic N) is 2. The summed E-state index contributed by atoms with van der Waals surface area (Å²) in [6.07, 6.45) is 2.91. The maximum absolute atomic E-state index is 11.8. The molecule has 0 radical (unpaired) electrons. The highest BCUT2D eigenvalue weighted by Gasteiger charge is 2.27. The molecule has 2 aliphatic heterocycles. The van der Waals surface area contributed by atoms with E-state index in [0.717, 1.165) is 17.9 Å². The molecule has 0 aromatic carbocycles. The van der Waals surface area contributed by atoms with Crippen molar-refractivity contribution in [1.82, 2.24) is 4.90 Å². The molecule has 0 saturated carbocycles. The Kier molecular flexibility index (Phi) is 3.26. The first-order chi connectivity index (χ1) is 7.33. The fraction of sp³-hybridized carbons (Fsp3) is 0.600. The van der Waals surface area contributed by atoms with Crippen LogP contribution in [0.5, 0.6) is 0 Å². The number of ether oxygens (including phenoxy) is 1. The molecule has 15 heavy (non-hydrogen) atoms.